The second-order valence-electron chi connectivity index (χ2n) is 6.71. The Balaban J connectivity index is 1.52. The molecule has 0 spiro atoms. The zero-order valence-electron chi connectivity index (χ0n) is 16.4. The van der Waals surface area contributed by atoms with Crippen LogP contribution in [0.4, 0.5) is 5.69 Å². The fourth-order valence-electron chi connectivity index (χ4n) is 2.83. The lowest BCUT2D eigenvalue weighted by molar-refractivity contribution is 0.0977. The van der Waals surface area contributed by atoms with E-state index >= 15 is 0 Å². The van der Waals surface area contributed by atoms with E-state index in [1.165, 1.54) is 5.56 Å². The van der Waals surface area contributed by atoms with Crippen LogP contribution < -0.4 is 15.4 Å². The lowest BCUT2D eigenvalue weighted by Crippen LogP contribution is -2.34. The highest BCUT2D eigenvalue weighted by atomic mass is 32.1. The first-order chi connectivity index (χ1) is 14.1. The van der Waals surface area contributed by atoms with Crippen molar-refractivity contribution in [2.45, 2.75) is 19.8 Å². The van der Waals surface area contributed by atoms with Gasteiger partial charge in [0.05, 0.1) is 12.3 Å². The number of carbonyl (C=O) groups excluding carboxylic acids is 1. The van der Waals surface area contributed by atoms with Gasteiger partial charge in [0.1, 0.15) is 5.75 Å². The zero-order valence-corrected chi connectivity index (χ0v) is 17.2. The van der Waals surface area contributed by atoms with Crippen LogP contribution in [0.1, 0.15) is 27.9 Å². The third-order valence-electron chi connectivity index (χ3n) is 4.39. The highest BCUT2D eigenvalue weighted by molar-refractivity contribution is 7.80. The number of anilines is 1. The number of carbonyl (C=O) groups is 1. The summed E-state index contributed by atoms with van der Waals surface area (Å²) in [5.74, 6) is 0.455. The number of hydrogen-bond donors (Lipinski definition) is 2. The van der Waals surface area contributed by atoms with Crippen LogP contribution in [0.15, 0.2) is 78.9 Å². The number of para-hydroxylation sites is 2. The number of rotatable bonds is 7. The van der Waals surface area contributed by atoms with Crippen molar-refractivity contribution < 1.29 is 9.53 Å². The second-order valence-corrected chi connectivity index (χ2v) is 7.12. The molecule has 0 aromatic heterocycles. The van der Waals surface area contributed by atoms with Gasteiger partial charge in [-0.1, -0.05) is 60.2 Å². The van der Waals surface area contributed by atoms with Gasteiger partial charge in [0, 0.05) is 5.56 Å². The maximum absolute atomic E-state index is 12.3. The van der Waals surface area contributed by atoms with E-state index in [-0.39, 0.29) is 11.0 Å². The molecule has 1 amide bonds. The van der Waals surface area contributed by atoms with Gasteiger partial charge >= 0.3 is 0 Å². The van der Waals surface area contributed by atoms with E-state index in [2.05, 4.69) is 22.8 Å². The van der Waals surface area contributed by atoms with Crippen LogP contribution in [0.2, 0.25) is 0 Å². The summed E-state index contributed by atoms with van der Waals surface area (Å²) in [5, 5.41) is 5.99. The van der Waals surface area contributed by atoms with Crippen LogP contribution in [0.25, 0.3) is 0 Å². The third-order valence-corrected chi connectivity index (χ3v) is 4.59. The molecule has 3 rings (SSSR count). The minimum atomic E-state index is -0.247. The lowest BCUT2D eigenvalue weighted by atomic mass is 10.1. The summed E-state index contributed by atoms with van der Waals surface area (Å²) in [6.45, 7) is 2.57. The standard InChI is InChI=1S/C24H24N2O2S/c1-18-13-15-20(16-14-18)23(27)26-24(29)25-21-11-5-6-12-22(21)28-17-7-10-19-8-3-2-4-9-19/h2-6,8-9,11-16H,7,10,17H2,1H3,(H2,25,26,27,29). The van der Waals surface area contributed by atoms with Crippen molar-refractivity contribution in [3.05, 3.63) is 95.6 Å². The molecule has 0 aliphatic heterocycles. The van der Waals surface area contributed by atoms with Crippen LogP contribution in [0, 0.1) is 6.92 Å². The number of benzene rings is 3. The highest BCUT2D eigenvalue weighted by Gasteiger charge is 2.10. The number of thiocarbonyl (C=S) groups is 1. The number of nitrogens with one attached hydrogen (secondary N) is 2. The van der Waals surface area contributed by atoms with Gasteiger partial charge in [0.15, 0.2) is 5.11 Å². The smallest absolute Gasteiger partial charge is 0.257 e. The Labute approximate surface area is 176 Å². The first-order valence-electron chi connectivity index (χ1n) is 9.56. The summed E-state index contributed by atoms with van der Waals surface area (Å²) in [6, 6.07) is 25.2. The molecule has 0 radical (unpaired) electrons. The first kappa shape index (κ1) is 20.6. The van der Waals surface area contributed by atoms with Crippen LogP contribution in [0.5, 0.6) is 5.75 Å². The van der Waals surface area contributed by atoms with E-state index in [0.29, 0.717) is 17.9 Å². The molecule has 29 heavy (non-hydrogen) atoms. The highest BCUT2D eigenvalue weighted by Crippen LogP contribution is 2.24. The molecule has 3 aromatic rings. The predicted molar refractivity (Wildman–Crippen MR) is 122 cm³/mol. The van der Waals surface area contributed by atoms with Crippen molar-refractivity contribution >= 4 is 28.9 Å². The van der Waals surface area contributed by atoms with Gasteiger partial charge in [-0.3, -0.25) is 10.1 Å². The summed E-state index contributed by atoms with van der Waals surface area (Å²) in [4.78, 5) is 12.3. The minimum absolute atomic E-state index is 0.232. The second kappa shape index (κ2) is 10.4. The molecule has 0 bridgehead atoms. The number of aryl methyl sites for hydroxylation is 2. The topological polar surface area (TPSA) is 50.4 Å². The monoisotopic (exact) mass is 404 g/mol. The molecule has 2 N–H and O–H groups in total. The Morgan fingerprint density at radius 2 is 1.62 bits per heavy atom. The number of ether oxygens (including phenoxy) is 1. The number of hydrogen-bond acceptors (Lipinski definition) is 3. The predicted octanol–water partition coefficient (Wildman–Crippen LogP) is 5.13. The first-order valence-corrected chi connectivity index (χ1v) is 9.97. The minimum Gasteiger partial charge on any atom is -0.491 e. The maximum Gasteiger partial charge on any atom is 0.257 e. The molecule has 0 atom stereocenters. The van der Waals surface area contributed by atoms with E-state index < -0.39 is 0 Å². The summed E-state index contributed by atoms with van der Waals surface area (Å²) in [7, 11) is 0. The summed E-state index contributed by atoms with van der Waals surface area (Å²) in [6.07, 6.45) is 1.87. The maximum atomic E-state index is 12.3. The van der Waals surface area contributed by atoms with Crippen molar-refractivity contribution in [3.63, 3.8) is 0 Å². The molecular weight excluding hydrogens is 380 g/mol. The van der Waals surface area contributed by atoms with Crippen LogP contribution in [-0.4, -0.2) is 17.6 Å². The Morgan fingerprint density at radius 3 is 2.38 bits per heavy atom. The van der Waals surface area contributed by atoms with E-state index in [9.17, 15) is 4.79 Å². The molecule has 4 nitrogen and oxygen atoms in total. The van der Waals surface area contributed by atoms with Crippen LogP contribution in [-0.2, 0) is 6.42 Å². The third kappa shape index (κ3) is 6.43. The van der Waals surface area contributed by atoms with Gasteiger partial charge in [-0.25, -0.2) is 0 Å². The summed E-state index contributed by atoms with van der Waals surface area (Å²) >= 11 is 5.30. The molecule has 148 valence electrons. The quantitative estimate of drug-likeness (QED) is 0.423. The van der Waals surface area contributed by atoms with E-state index in [4.69, 9.17) is 17.0 Å². The zero-order chi connectivity index (χ0) is 20.5. The Kier molecular flexibility index (Phi) is 7.36. The van der Waals surface area contributed by atoms with E-state index in [1.54, 1.807) is 12.1 Å². The van der Waals surface area contributed by atoms with Gasteiger partial charge < -0.3 is 10.1 Å². The molecule has 0 saturated heterocycles. The van der Waals surface area contributed by atoms with E-state index in [1.807, 2.05) is 61.5 Å². The average molecular weight is 405 g/mol. The molecule has 5 heteroatoms. The van der Waals surface area contributed by atoms with E-state index in [0.717, 1.165) is 24.1 Å². The van der Waals surface area contributed by atoms with Gasteiger partial charge in [0.25, 0.3) is 5.91 Å². The Hall–Kier alpha value is -3.18. The largest absolute Gasteiger partial charge is 0.491 e. The fraction of sp³-hybridized carbons (Fsp3) is 0.167. The molecule has 0 heterocycles. The normalized spacial score (nSPS) is 10.2. The van der Waals surface area contributed by atoms with Crippen molar-refractivity contribution in [1.29, 1.82) is 0 Å². The van der Waals surface area contributed by atoms with Crippen LogP contribution in [0.3, 0.4) is 0 Å². The van der Waals surface area contributed by atoms with Crippen molar-refractivity contribution in [3.8, 4) is 5.75 Å². The average Bonchev–Trinajstić information content (AvgIpc) is 2.73. The Morgan fingerprint density at radius 1 is 0.931 bits per heavy atom. The molecule has 0 aliphatic rings. The fourth-order valence-corrected chi connectivity index (χ4v) is 3.04. The molecule has 0 aliphatic carbocycles. The Bertz CT molecular complexity index is 956. The molecular formula is C24H24N2O2S. The number of amides is 1. The van der Waals surface area contributed by atoms with Crippen LogP contribution >= 0.6 is 12.2 Å². The molecule has 0 fully saturated rings. The van der Waals surface area contributed by atoms with Crippen molar-refractivity contribution in [2.24, 2.45) is 0 Å². The van der Waals surface area contributed by atoms with Gasteiger partial charge in [-0.2, -0.15) is 0 Å². The van der Waals surface area contributed by atoms with Crippen molar-refractivity contribution in [2.75, 3.05) is 11.9 Å². The molecule has 0 unspecified atom stereocenters. The lowest BCUT2D eigenvalue weighted by Gasteiger charge is -2.14. The molecule has 3 aromatic carbocycles. The summed E-state index contributed by atoms with van der Waals surface area (Å²) < 4.78 is 5.93. The summed E-state index contributed by atoms with van der Waals surface area (Å²) in [5.41, 5.74) is 3.68. The van der Waals surface area contributed by atoms with Crippen molar-refractivity contribution in [1.82, 2.24) is 5.32 Å². The van der Waals surface area contributed by atoms with Gasteiger partial charge in [-0.05, 0) is 61.8 Å². The van der Waals surface area contributed by atoms with Gasteiger partial charge in [-0.15, -0.1) is 0 Å². The molecule has 0 saturated carbocycles. The van der Waals surface area contributed by atoms with Gasteiger partial charge in [0.2, 0.25) is 0 Å². The SMILES string of the molecule is Cc1ccc(C(=O)NC(=S)Nc2ccccc2OCCCc2ccccc2)cc1.